The molecule has 7 heteroatoms. The Hall–Kier alpha value is -2.57. The predicted molar refractivity (Wildman–Crippen MR) is 97.8 cm³/mol. The Morgan fingerprint density at radius 3 is 2.26 bits per heavy atom. The van der Waals surface area contributed by atoms with Gasteiger partial charge in [-0.3, -0.25) is 24.4 Å². The van der Waals surface area contributed by atoms with Crippen LogP contribution in [0.3, 0.4) is 0 Å². The number of rotatable bonds is 7. The van der Waals surface area contributed by atoms with Gasteiger partial charge >= 0.3 is 5.97 Å². The van der Waals surface area contributed by atoms with Crippen molar-refractivity contribution in [2.24, 2.45) is 0 Å². The van der Waals surface area contributed by atoms with E-state index >= 15 is 0 Å². The third kappa shape index (κ3) is 3.91. The minimum atomic E-state index is -0.527. The van der Waals surface area contributed by atoms with E-state index in [1.807, 2.05) is 24.3 Å². The van der Waals surface area contributed by atoms with E-state index in [0.29, 0.717) is 19.5 Å². The van der Waals surface area contributed by atoms with E-state index in [9.17, 15) is 14.4 Å². The van der Waals surface area contributed by atoms with Crippen LogP contribution in [0.5, 0.6) is 5.75 Å². The molecule has 1 aliphatic heterocycles. The van der Waals surface area contributed by atoms with Crippen LogP contribution in [0.2, 0.25) is 0 Å². The largest absolute Gasteiger partial charge is 0.497 e. The summed E-state index contributed by atoms with van der Waals surface area (Å²) in [5.74, 6) is 0.306. The lowest BCUT2D eigenvalue weighted by atomic mass is 9.94. The fourth-order valence-corrected chi connectivity index (χ4v) is 3.61. The Kier molecular flexibility index (Phi) is 5.68. The van der Waals surface area contributed by atoms with E-state index in [4.69, 9.17) is 4.74 Å². The summed E-state index contributed by atoms with van der Waals surface area (Å²) in [5, 5.41) is 3.17. The van der Waals surface area contributed by atoms with Gasteiger partial charge in [-0.25, -0.2) is 0 Å². The summed E-state index contributed by atoms with van der Waals surface area (Å²) in [4.78, 5) is 37.0. The molecule has 27 heavy (non-hydrogen) atoms. The third-order valence-electron chi connectivity index (χ3n) is 5.35. The van der Waals surface area contributed by atoms with Crippen LogP contribution in [-0.4, -0.2) is 55.1 Å². The van der Waals surface area contributed by atoms with Gasteiger partial charge < -0.3 is 9.47 Å². The lowest BCUT2D eigenvalue weighted by Gasteiger charge is -2.31. The van der Waals surface area contributed by atoms with E-state index in [0.717, 1.165) is 30.6 Å². The van der Waals surface area contributed by atoms with Crippen molar-refractivity contribution in [2.45, 2.75) is 43.9 Å². The van der Waals surface area contributed by atoms with Crippen molar-refractivity contribution in [3.8, 4) is 5.75 Å². The molecule has 1 saturated heterocycles. The van der Waals surface area contributed by atoms with E-state index in [-0.39, 0.29) is 30.6 Å². The van der Waals surface area contributed by atoms with Gasteiger partial charge in [-0.05, 0) is 43.4 Å². The van der Waals surface area contributed by atoms with Crippen LogP contribution in [0.1, 0.15) is 44.1 Å². The van der Waals surface area contributed by atoms with Crippen LogP contribution in [-0.2, 0) is 24.5 Å². The van der Waals surface area contributed by atoms with Crippen molar-refractivity contribution < 1.29 is 23.9 Å². The van der Waals surface area contributed by atoms with E-state index in [1.54, 1.807) is 17.1 Å². The standard InChI is InChI=1S/C20H26N2O5/c1-26-16-9-7-15(8-10-16)20(11-12-20)19(25)22-14-4-13-21(22)17(23)5-3-6-18(24)27-2/h7-10H,3-6,11-14H2,1-2H3. The van der Waals surface area contributed by atoms with Crippen LogP contribution in [0.15, 0.2) is 24.3 Å². The zero-order chi connectivity index (χ0) is 19.4. The van der Waals surface area contributed by atoms with Crippen molar-refractivity contribution in [1.29, 1.82) is 0 Å². The van der Waals surface area contributed by atoms with Crippen molar-refractivity contribution in [1.82, 2.24) is 10.0 Å². The highest BCUT2D eigenvalue weighted by Crippen LogP contribution is 2.50. The maximum Gasteiger partial charge on any atom is 0.305 e. The fourth-order valence-electron chi connectivity index (χ4n) is 3.61. The molecule has 2 fully saturated rings. The minimum absolute atomic E-state index is 0.00788. The summed E-state index contributed by atoms with van der Waals surface area (Å²) in [6.07, 6.45) is 3.22. The first-order chi connectivity index (χ1) is 13.0. The van der Waals surface area contributed by atoms with Crippen LogP contribution in [0, 0.1) is 0 Å². The molecule has 0 unspecified atom stereocenters. The molecule has 1 heterocycles. The molecule has 0 N–H and O–H groups in total. The molecular weight excluding hydrogens is 348 g/mol. The van der Waals surface area contributed by atoms with Crippen molar-refractivity contribution in [2.75, 3.05) is 27.3 Å². The lowest BCUT2D eigenvalue weighted by Crippen LogP contribution is -2.48. The fraction of sp³-hybridized carbons (Fsp3) is 0.550. The van der Waals surface area contributed by atoms with Gasteiger partial charge in [0, 0.05) is 25.9 Å². The number of ether oxygens (including phenoxy) is 2. The zero-order valence-corrected chi connectivity index (χ0v) is 15.9. The van der Waals surface area contributed by atoms with Gasteiger partial charge in [0.1, 0.15) is 5.75 Å². The number of hydrazine groups is 1. The van der Waals surface area contributed by atoms with Gasteiger partial charge in [0.15, 0.2) is 0 Å². The number of carbonyl (C=O) groups excluding carboxylic acids is 3. The average molecular weight is 374 g/mol. The molecule has 0 bridgehead atoms. The predicted octanol–water partition coefficient (Wildman–Crippen LogP) is 2.05. The number of esters is 1. The number of amides is 2. The Balaban J connectivity index is 1.66. The molecule has 1 saturated carbocycles. The second kappa shape index (κ2) is 7.98. The van der Waals surface area contributed by atoms with Crippen LogP contribution < -0.4 is 4.74 Å². The van der Waals surface area contributed by atoms with Gasteiger partial charge in [-0.15, -0.1) is 0 Å². The number of benzene rings is 1. The summed E-state index contributed by atoms with van der Waals surface area (Å²) >= 11 is 0. The van der Waals surface area contributed by atoms with Crippen LogP contribution in [0.4, 0.5) is 0 Å². The second-order valence-electron chi connectivity index (χ2n) is 7.04. The topological polar surface area (TPSA) is 76.2 Å². The normalized spacial score (nSPS) is 17.6. The Morgan fingerprint density at radius 2 is 1.67 bits per heavy atom. The monoisotopic (exact) mass is 374 g/mol. The molecule has 7 nitrogen and oxygen atoms in total. The van der Waals surface area contributed by atoms with Crippen molar-refractivity contribution in [3.05, 3.63) is 29.8 Å². The summed E-state index contributed by atoms with van der Waals surface area (Å²) < 4.78 is 9.79. The quantitative estimate of drug-likeness (QED) is 0.683. The molecule has 1 aliphatic carbocycles. The smallest absolute Gasteiger partial charge is 0.305 e. The van der Waals surface area contributed by atoms with Crippen molar-refractivity contribution >= 4 is 17.8 Å². The molecule has 0 spiro atoms. The SMILES string of the molecule is COC(=O)CCCC(=O)N1CCCN1C(=O)C1(c2ccc(OC)cc2)CC1. The van der Waals surface area contributed by atoms with Crippen LogP contribution in [0.25, 0.3) is 0 Å². The molecule has 1 aromatic rings. The number of hydrogen-bond donors (Lipinski definition) is 0. The Morgan fingerprint density at radius 1 is 1.00 bits per heavy atom. The van der Waals surface area contributed by atoms with E-state index in [1.165, 1.54) is 7.11 Å². The maximum atomic E-state index is 13.3. The Labute approximate surface area is 159 Å². The molecular formula is C20H26N2O5. The average Bonchev–Trinajstić information content (AvgIpc) is 3.36. The molecule has 2 aliphatic rings. The van der Waals surface area contributed by atoms with Gasteiger partial charge in [-0.2, -0.15) is 0 Å². The molecule has 1 aromatic carbocycles. The summed E-state index contributed by atoms with van der Waals surface area (Å²) in [5.41, 5.74) is 0.444. The van der Waals surface area contributed by atoms with Crippen molar-refractivity contribution in [3.63, 3.8) is 0 Å². The van der Waals surface area contributed by atoms with Gasteiger partial charge in [0.2, 0.25) is 5.91 Å². The first-order valence-electron chi connectivity index (χ1n) is 9.35. The number of nitrogens with zero attached hydrogens (tertiary/aromatic N) is 2. The summed E-state index contributed by atoms with van der Waals surface area (Å²) in [7, 11) is 2.94. The highest BCUT2D eigenvalue weighted by molar-refractivity contribution is 5.93. The van der Waals surface area contributed by atoms with E-state index in [2.05, 4.69) is 4.74 Å². The highest BCUT2D eigenvalue weighted by atomic mass is 16.5. The molecule has 2 amide bonds. The third-order valence-corrected chi connectivity index (χ3v) is 5.35. The summed E-state index contributed by atoms with van der Waals surface area (Å²) in [6, 6.07) is 7.59. The first kappa shape index (κ1) is 19.2. The number of carbonyl (C=O) groups is 3. The number of hydrogen-bond acceptors (Lipinski definition) is 5. The van der Waals surface area contributed by atoms with Gasteiger partial charge in [0.25, 0.3) is 5.91 Å². The molecule has 0 radical (unpaired) electrons. The maximum absolute atomic E-state index is 13.3. The van der Waals surface area contributed by atoms with Gasteiger partial charge in [0.05, 0.1) is 19.6 Å². The highest BCUT2D eigenvalue weighted by Gasteiger charge is 2.54. The van der Waals surface area contributed by atoms with Gasteiger partial charge in [-0.1, -0.05) is 12.1 Å². The number of methoxy groups -OCH3 is 2. The molecule has 0 atom stereocenters. The Bertz CT molecular complexity index is 712. The zero-order valence-electron chi connectivity index (χ0n) is 15.9. The summed E-state index contributed by atoms with van der Waals surface area (Å²) in [6.45, 7) is 1.10. The molecule has 0 aromatic heterocycles. The molecule has 3 rings (SSSR count). The minimum Gasteiger partial charge on any atom is -0.497 e. The second-order valence-corrected chi connectivity index (χ2v) is 7.04. The lowest BCUT2D eigenvalue weighted by molar-refractivity contribution is -0.159. The van der Waals surface area contributed by atoms with Crippen LogP contribution >= 0.6 is 0 Å². The van der Waals surface area contributed by atoms with E-state index < -0.39 is 5.41 Å². The molecule has 146 valence electrons. The first-order valence-corrected chi connectivity index (χ1v) is 9.35.